The zero-order valence-electron chi connectivity index (χ0n) is 12.3. The van der Waals surface area contributed by atoms with Crippen molar-refractivity contribution in [2.24, 2.45) is 0 Å². The highest BCUT2D eigenvalue weighted by molar-refractivity contribution is 5.29. The summed E-state index contributed by atoms with van der Waals surface area (Å²) in [6.45, 7) is 7.74. The molecule has 0 saturated heterocycles. The Labute approximate surface area is 116 Å². The summed E-state index contributed by atoms with van der Waals surface area (Å²) in [7, 11) is 0. The maximum Gasteiger partial charge on any atom is 0.167 e. The van der Waals surface area contributed by atoms with E-state index in [4.69, 9.17) is 4.74 Å². The Morgan fingerprint density at radius 2 is 1.89 bits per heavy atom. The molecule has 3 heteroatoms. The summed E-state index contributed by atoms with van der Waals surface area (Å²) < 4.78 is 19.1. The lowest BCUT2D eigenvalue weighted by Gasteiger charge is -2.09. The zero-order chi connectivity index (χ0) is 14.1. The minimum absolute atomic E-state index is 0.233. The average molecular weight is 267 g/mol. The second kappa shape index (κ2) is 8.92. The van der Waals surface area contributed by atoms with Crippen molar-refractivity contribution in [2.75, 3.05) is 13.2 Å². The predicted molar refractivity (Wildman–Crippen MR) is 78.2 cm³/mol. The van der Waals surface area contributed by atoms with Gasteiger partial charge in [-0.1, -0.05) is 38.8 Å². The molecule has 0 atom stereocenters. The van der Waals surface area contributed by atoms with Crippen molar-refractivity contribution in [2.45, 2.75) is 52.5 Å². The van der Waals surface area contributed by atoms with Crippen molar-refractivity contribution in [3.8, 4) is 5.75 Å². The van der Waals surface area contributed by atoms with Gasteiger partial charge in [0, 0.05) is 6.04 Å². The van der Waals surface area contributed by atoms with Crippen LogP contribution in [0.3, 0.4) is 0 Å². The van der Waals surface area contributed by atoms with Crippen LogP contribution in [0.5, 0.6) is 5.75 Å². The van der Waals surface area contributed by atoms with Crippen molar-refractivity contribution in [3.05, 3.63) is 29.6 Å². The smallest absolute Gasteiger partial charge is 0.167 e. The summed E-state index contributed by atoms with van der Waals surface area (Å²) >= 11 is 0. The molecular weight excluding hydrogens is 241 g/mol. The van der Waals surface area contributed by atoms with Crippen LogP contribution in [0.25, 0.3) is 0 Å². The first-order chi connectivity index (χ1) is 9.11. The molecule has 0 unspecified atom stereocenters. The summed E-state index contributed by atoms with van der Waals surface area (Å²) in [5.41, 5.74) is 0.636. The van der Waals surface area contributed by atoms with Crippen LogP contribution < -0.4 is 10.1 Å². The van der Waals surface area contributed by atoms with Crippen molar-refractivity contribution in [3.63, 3.8) is 0 Å². The molecular formula is C16H26FNO. The van der Waals surface area contributed by atoms with Gasteiger partial charge in [-0.05, 0) is 37.9 Å². The molecule has 1 N–H and O–H groups in total. The first kappa shape index (κ1) is 16.0. The molecule has 0 bridgehead atoms. The van der Waals surface area contributed by atoms with E-state index >= 15 is 0 Å². The van der Waals surface area contributed by atoms with E-state index in [-0.39, 0.29) is 5.82 Å². The maximum atomic E-state index is 13.6. The number of nitrogens with one attached hydrogen (secondary N) is 1. The Hall–Kier alpha value is -1.09. The van der Waals surface area contributed by atoms with Crippen molar-refractivity contribution in [1.82, 2.24) is 5.32 Å². The molecule has 0 fully saturated rings. The third-order valence-electron chi connectivity index (χ3n) is 3.04. The van der Waals surface area contributed by atoms with Gasteiger partial charge in [0.1, 0.15) is 0 Å². The van der Waals surface area contributed by atoms with Crippen molar-refractivity contribution < 1.29 is 9.13 Å². The van der Waals surface area contributed by atoms with E-state index in [1.807, 2.05) is 6.07 Å². The molecule has 1 aromatic rings. The van der Waals surface area contributed by atoms with Gasteiger partial charge in [0.25, 0.3) is 0 Å². The molecule has 19 heavy (non-hydrogen) atoms. The van der Waals surface area contributed by atoms with Crippen LogP contribution in [0.15, 0.2) is 18.2 Å². The van der Waals surface area contributed by atoms with Gasteiger partial charge in [0.05, 0.1) is 6.61 Å². The SMILES string of the molecule is Cc1cccc(OCCCCCCNC(C)C)c1F. The summed E-state index contributed by atoms with van der Waals surface area (Å²) in [5.74, 6) is 0.144. The molecule has 0 saturated carbocycles. The minimum Gasteiger partial charge on any atom is -0.491 e. The van der Waals surface area contributed by atoms with E-state index < -0.39 is 0 Å². The van der Waals surface area contributed by atoms with Gasteiger partial charge in [-0.3, -0.25) is 0 Å². The second-order valence-electron chi connectivity index (χ2n) is 5.26. The lowest BCUT2D eigenvalue weighted by molar-refractivity contribution is 0.289. The molecule has 0 heterocycles. The van der Waals surface area contributed by atoms with E-state index in [2.05, 4.69) is 19.2 Å². The Morgan fingerprint density at radius 3 is 2.63 bits per heavy atom. The molecule has 0 amide bonds. The van der Waals surface area contributed by atoms with Crippen LogP contribution in [0.4, 0.5) is 4.39 Å². The minimum atomic E-state index is -0.233. The topological polar surface area (TPSA) is 21.3 Å². The molecule has 0 radical (unpaired) electrons. The maximum absolute atomic E-state index is 13.6. The fourth-order valence-corrected chi connectivity index (χ4v) is 1.89. The molecule has 0 aliphatic heterocycles. The Bertz CT molecular complexity index is 366. The second-order valence-corrected chi connectivity index (χ2v) is 5.26. The number of aryl methyl sites for hydroxylation is 1. The Morgan fingerprint density at radius 1 is 1.16 bits per heavy atom. The number of rotatable bonds is 9. The molecule has 2 nitrogen and oxygen atoms in total. The highest BCUT2D eigenvalue weighted by atomic mass is 19.1. The standard InChI is InChI=1S/C16H26FNO/c1-13(2)18-11-6-4-5-7-12-19-15-10-8-9-14(3)16(15)17/h8-10,13,18H,4-7,11-12H2,1-3H3. The molecule has 0 spiro atoms. The van der Waals surface area contributed by atoms with Gasteiger partial charge in [-0.15, -0.1) is 0 Å². The van der Waals surface area contributed by atoms with Gasteiger partial charge in [0.2, 0.25) is 0 Å². The van der Waals surface area contributed by atoms with Crippen LogP contribution in [0.1, 0.15) is 45.1 Å². The molecule has 0 aliphatic carbocycles. The normalized spacial score (nSPS) is 11.0. The predicted octanol–water partition coefficient (Wildman–Crippen LogP) is 4.07. The summed E-state index contributed by atoms with van der Waals surface area (Å²) in [6, 6.07) is 5.83. The lowest BCUT2D eigenvalue weighted by atomic mass is 10.2. The van der Waals surface area contributed by atoms with Crippen molar-refractivity contribution >= 4 is 0 Å². The summed E-state index contributed by atoms with van der Waals surface area (Å²) in [5, 5.41) is 3.40. The van der Waals surface area contributed by atoms with Gasteiger partial charge < -0.3 is 10.1 Å². The average Bonchev–Trinajstić information content (AvgIpc) is 2.37. The fraction of sp³-hybridized carbons (Fsp3) is 0.625. The highest BCUT2D eigenvalue weighted by Crippen LogP contribution is 2.19. The molecule has 108 valence electrons. The van der Waals surface area contributed by atoms with Crippen LogP contribution in [0.2, 0.25) is 0 Å². The quantitative estimate of drug-likeness (QED) is 0.681. The van der Waals surface area contributed by atoms with Gasteiger partial charge in [-0.2, -0.15) is 0 Å². The van der Waals surface area contributed by atoms with Gasteiger partial charge in [-0.25, -0.2) is 4.39 Å². The zero-order valence-corrected chi connectivity index (χ0v) is 12.3. The first-order valence-electron chi connectivity index (χ1n) is 7.22. The Kier molecular flexibility index (Phi) is 7.49. The van der Waals surface area contributed by atoms with Crippen molar-refractivity contribution in [1.29, 1.82) is 0 Å². The van der Waals surface area contributed by atoms with Crippen LogP contribution in [-0.2, 0) is 0 Å². The highest BCUT2D eigenvalue weighted by Gasteiger charge is 2.04. The van der Waals surface area contributed by atoms with E-state index in [1.54, 1.807) is 19.1 Å². The third kappa shape index (κ3) is 6.58. The van der Waals surface area contributed by atoms with E-state index in [9.17, 15) is 4.39 Å². The molecule has 1 rings (SSSR count). The number of ether oxygens (including phenoxy) is 1. The van der Waals surface area contributed by atoms with Gasteiger partial charge in [0.15, 0.2) is 11.6 Å². The first-order valence-corrected chi connectivity index (χ1v) is 7.22. The third-order valence-corrected chi connectivity index (χ3v) is 3.04. The molecule has 0 aliphatic rings. The van der Waals surface area contributed by atoms with Crippen LogP contribution >= 0.6 is 0 Å². The number of hydrogen-bond donors (Lipinski definition) is 1. The van der Waals surface area contributed by atoms with E-state index in [0.717, 1.165) is 19.4 Å². The summed E-state index contributed by atoms with van der Waals surface area (Å²) in [6.07, 6.45) is 4.50. The number of hydrogen-bond acceptors (Lipinski definition) is 2. The number of unbranched alkanes of at least 4 members (excludes halogenated alkanes) is 3. The van der Waals surface area contributed by atoms with Crippen LogP contribution in [-0.4, -0.2) is 19.2 Å². The number of benzene rings is 1. The lowest BCUT2D eigenvalue weighted by Crippen LogP contribution is -2.23. The van der Waals surface area contributed by atoms with Crippen LogP contribution in [0, 0.1) is 12.7 Å². The molecule has 0 aromatic heterocycles. The molecule has 1 aromatic carbocycles. The van der Waals surface area contributed by atoms with Gasteiger partial charge >= 0.3 is 0 Å². The number of halogens is 1. The Balaban J connectivity index is 2.06. The monoisotopic (exact) mass is 267 g/mol. The van der Waals surface area contributed by atoms with E-state index in [1.165, 1.54) is 12.8 Å². The van der Waals surface area contributed by atoms with E-state index in [0.29, 0.717) is 24.0 Å². The summed E-state index contributed by atoms with van der Waals surface area (Å²) in [4.78, 5) is 0. The fourth-order valence-electron chi connectivity index (χ4n) is 1.89. The largest absolute Gasteiger partial charge is 0.491 e.